The Morgan fingerprint density at radius 3 is 2.71 bits per heavy atom. The zero-order chi connectivity index (χ0) is 13.1. The fraction of sp³-hybridized carbons (Fsp3) is 0.462. The first-order valence-corrected chi connectivity index (χ1v) is 6.45. The Morgan fingerprint density at radius 2 is 2.12 bits per heavy atom. The second-order valence-corrected chi connectivity index (χ2v) is 5.79. The van der Waals surface area contributed by atoms with E-state index >= 15 is 0 Å². The van der Waals surface area contributed by atoms with Crippen molar-refractivity contribution in [2.75, 3.05) is 6.54 Å². The number of carbonyl (C=O) groups excluding carboxylic acids is 1. The smallest absolute Gasteiger partial charge is 0.252 e. The molecule has 0 aliphatic carbocycles. The van der Waals surface area contributed by atoms with Crippen LogP contribution in [0, 0.1) is 5.41 Å². The first-order valence-electron chi connectivity index (χ1n) is 5.62. The molecule has 0 unspecified atom stereocenters. The maximum Gasteiger partial charge on any atom is 0.252 e. The lowest BCUT2D eigenvalue weighted by Crippen LogP contribution is -2.33. The standard InChI is InChI=1S/C13H18ClNOS/c1-4-13(2,3)8-15-12(16)10-7-9(17)5-6-11(10)14/h5-7,17H,4,8H2,1-3H3,(H,15,16). The number of nitrogens with one attached hydrogen (secondary N) is 1. The van der Waals surface area contributed by atoms with E-state index in [1.54, 1.807) is 18.2 Å². The van der Waals surface area contributed by atoms with Gasteiger partial charge >= 0.3 is 0 Å². The molecule has 0 heterocycles. The molecule has 1 amide bonds. The molecule has 0 atom stereocenters. The van der Waals surface area contributed by atoms with E-state index in [2.05, 4.69) is 38.7 Å². The minimum atomic E-state index is -0.146. The molecule has 1 rings (SSSR count). The maximum atomic E-state index is 12.0. The summed E-state index contributed by atoms with van der Waals surface area (Å²) < 4.78 is 0. The van der Waals surface area contributed by atoms with Gasteiger partial charge in [-0.05, 0) is 30.0 Å². The van der Waals surface area contributed by atoms with Crippen molar-refractivity contribution in [2.45, 2.75) is 32.1 Å². The molecule has 4 heteroatoms. The van der Waals surface area contributed by atoms with Crippen LogP contribution in [0.5, 0.6) is 0 Å². The van der Waals surface area contributed by atoms with Gasteiger partial charge in [0.2, 0.25) is 0 Å². The van der Waals surface area contributed by atoms with Gasteiger partial charge in [0.1, 0.15) is 0 Å². The Labute approximate surface area is 113 Å². The normalized spacial score (nSPS) is 11.4. The summed E-state index contributed by atoms with van der Waals surface area (Å²) in [5.74, 6) is -0.146. The number of hydrogen-bond donors (Lipinski definition) is 2. The fourth-order valence-electron chi connectivity index (χ4n) is 1.23. The van der Waals surface area contributed by atoms with Gasteiger partial charge in [0, 0.05) is 11.4 Å². The van der Waals surface area contributed by atoms with E-state index in [4.69, 9.17) is 11.6 Å². The molecule has 0 spiro atoms. The lowest BCUT2D eigenvalue weighted by atomic mass is 9.90. The average molecular weight is 272 g/mol. The minimum Gasteiger partial charge on any atom is -0.351 e. The lowest BCUT2D eigenvalue weighted by Gasteiger charge is -2.23. The highest BCUT2D eigenvalue weighted by Crippen LogP contribution is 2.21. The van der Waals surface area contributed by atoms with Crippen molar-refractivity contribution in [2.24, 2.45) is 5.41 Å². The Kier molecular flexibility index (Phi) is 4.90. The Balaban J connectivity index is 2.74. The summed E-state index contributed by atoms with van der Waals surface area (Å²) in [4.78, 5) is 12.7. The highest BCUT2D eigenvalue weighted by molar-refractivity contribution is 7.80. The predicted octanol–water partition coefficient (Wildman–Crippen LogP) is 3.79. The van der Waals surface area contributed by atoms with Gasteiger partial charge in [0.25, 0.3) is 5.91 Å². The highest BCUT2D eigenvalue weighted by atomic mass is 35.5. The molecule has 1 N–H and O–H groups in total. The number of thiol groups is 1. The molecule has 0 bridgehead atoms. The highest BCUT2D eigenvalue weighted by Gasteiger charge is 2.17. The van der Waals surface area contributed by atoms with Crippen LogP contribution in [0.15, 0.2) is 23.1 Å². The second-order valence-electron chi connectivity index (χ2n) is 4.86. The summed E-state index contributed by atoms with van der Waals surface area (Å²) in [7, 11) is 0. The van der Waals surface area contributed by atoms with E-state index in [1.807, 2.05) is 0 Å². The number of halogens is 1. The number of benzene rings is 1. The van der Waals surface area contributed by atoms with Gasteiger partial charge in [-0.2, -0.15) is 0 Å². The van der Waals surface area contributed by atoms with Crippen molar-refractivity contribution < 1.29 is 4.79 Å². The van der Waals surface area contributed by atoms with Crippen molar-refractivity contribution >= 4 is 30.1 Å². The average Bonchev–Trinajstić information content (AvgIpc) is 2.29. The topological polar surface area (TPSA) is 29.1 Å². The summed E-state index contributed by atoms with van der Waals surface area (Å²) in [6.07, 6.45) is 1.01. The van der Waals surface area contributed by atoms with Gasteiger partial charge in [-0.15, -0.1) is 12.6 Å². The van der Waals surface area contributed by atoms with E-state index in [9.17, 15) is 4.79 Å². The van der Waals surface area contributed by atoms with Crippen LogP contribution in [-0.4, -0.2) is 12.5 Å². The summed E-state index contributed by atoms with van der Waals surface area (Å²) >= 11 is 10.2. The molecule has 0 saturated heterocycles. The van der Waals surface area contributed by atoms with Gasteiger partial charge < -0.3 is 5.32 Å². The molecule has 0 aliphatic rings. The number of rotatable bonds is 4. The third-order valence-electron chi connectivity index (χ3n) is 2.88. The molecule has 1 aromatic carbocycles. The van der Waals surface area contributed by atoms with Gasteiger partial charge in [0.15, 0.2) is 0 Å². The van der Waals surface area contributed by atoms with Crippen LogP contribution in [0.4, 0.5) is 0 Å². The van der Waals surface area contributed by atoms with Crippen LogP contribution in [0.1, 0.15) is 37.6 Å². The first-order chi connectivity index (χ1) is 7.85. The monoisotopic (exact) mass is 271 g/mol. The summed E-state index contributed by atoms with van der Waals surface area (Å²) in [6.45, 7) is 6.97. The first kappa shape index (κ1) is 14.4. The van der Waals surface area contributed by atoms with Crippen LogP contribution in [-0.2, 0) is 0 Å². The van der Waals surface area contributed by atoms with E-state index in [0.29, 0.717) is 17.1 Å². The molecule has 0 aliphatic heterocycles. The van der Waals surface area contributed by atoms with E-state index in [1.165, 1.54) is 0 Å². The SMILES string of the molecule is CCC(C)(C)CNC(=O)c1cc(S)ccc1Cl. The summed E-state index contributed by atoms with van der Waals surface area (Å²) in [5.41, 5.74) is 0.576. The zero-order valence-corrected chi connectivity index (χ0v) is 12.0. The van der Waals surface area contributed by atoms with Gasteiger partial charge in [-0.1, -0.05) is 32.4 Å². The molecule has 2 nitrogen and oxygen atoms in total. The van der Waals surface area contributed by atoms with Crippen molar-refractivity contribution in [3.05, 3.63) is 28.8 Å². The largest absolute Gasteiger partial charge is 0.351 e. The Morgan fingerprint density at radius 1 is 1.47 bits per heavy atom. The van der Waals surface area contributed by atoms with E-state index < -0.39 is 0 Å². The van der Waals surface area contributed by atoms with Crippen molar-refractivity contribution in [3.63, 3.8) is 0 Å². The second kappa shape index (κ2) is 5.78. The van der Waals surface area contributed by atoms with Gasteiger partial charge in [-0.25, -0.2) is 0 Å². The van der Waals surface area contributed by atoms with Crippen molar-refractivity contribution in [1.29, 1.82) is 0 Å². The third kappa shape index (κ3) is 4.25. The van der Waals surface area contributed by atoms with E-state index in [-0.39, 0.29) is 11.3 Å². The number of amides is 1. The molecule has 94 valence electrons. The van der Waals surface area contributed by atoms with Gasteiger partial charge in [-0.3, -0.25) is 4.79 Å². The molecular weight excluding hydrogens is 254 g/mol. The Hall–Kier alpha value is -0.670. The molecule has 0 saturated carbocycles. The van der Waals surface area contributed by atoms with Crippen LogP contribution in [0.25, 0.3) is 0 Å². The number of carbonyl (C=O) groups is 1. The van der Waals surface area contributed by atoms with Crippen LogP contribution >= 0.6 is 24.2 Å². The molecular formula is C13H18ClNOS. The maximum absolute atomic E-state index is 12.0. The van der Waals surface area contributed by atoms with Crippen LogP contribution in [0.3, 0.4) is 0 Å². The Bertz CT molecular complexity index is 418. The van der Waals surface area contributed by atoms with Crippen LogP contribution < -0.4 is 5.32 Å². The zero-order valence-electron chi connectivity index (χ0n) is 10.4. The molecule has 1 aromatic rings. The molecule has 17 heavy (non-hydrogen) atoms. The lowest BCUT2D eigenvalue weighted by molar-refractivity contribution is 0.0935. The molecule has 0 aromatic heterocycles. The fourth-order valence-corrected chi connectivity index (χ4v) is 1.63. The van der Waals surface area contributed by atoms with E-state index in [0.717, 1.165) is 11.3 Å². The number of hydrogen-bond acceptors (Lipinski definition) is 2. The van der Waals surface area contributed by atoms with Crippen LogP contribution in [0.2, 0.25) is 5.02 Å². The van der Waals surface area contributed by atoms with Gasteiger partial charge in [0.05, 0.1) is 10.6 Å². The predicted molar refractivity (Wildman–Crippen MR) is 75.1 cm³/mol. The molecule has 0 fully saturated rings. The van der Waals surface area contributed by atoms with Crippen molar-refractivity contribution in [1.82, 2.24) is 5.32 Å². The summed E-state index contributed by atoms with van der Waals surface area (Å²) in [5, 5.41) is 3.35. The third-order valence-corrected chi connectivity index (χ3v) is 3.49. The molecule has 0 radical (unpaired) electrons. The summed E-state index contributed by atoms with van der Waals surface area (Å²) in [6, 6.07) is 5.13. The van der Waals surface area contributed by atoms with Crippen molar-refractivity contribution in [3.8, 4) is 0 Å². The quantitative estimate of drug-likeness (QED) is 0.802. The minimum absolute atomic E-state index is 0.0979.